The molecular formula is C25H23N3O7S. The summed E-state index contributed by atoms with van der Waals surface area (Å²) in [4.78, 5) is 41.6. The van der Waals surface area contributed by atoms with Crippen molar-refractivity contribution < 1.29 is 23.9 Å². The van der Waals surface area contributed by atoms with Gasteiger partial charge in [0.05, 0.1) is 41.4 Å². The van der Waals surface area contributed by atoms with E-state index in [1.54, 1.807) is 36.4 Å². The highest BCUT2D eigenvalue weighted by molar-refractivity contribution is 7.07. The zero-order valence-corrected chi connectivity index (χ0v) is 20.6. The first-order valence-corrected chi connectivity index (χ1v) is 11.9. The van der Waals surface area contributed by atoms with Crippen molar-refractivity contribution in [2.24, 2.45) is 4.99 Å². The fraction of sp³-hybridized carbons (Fsp3) is 0.240. The minimum atomic E-state index is -0.823. The van der Waals surface area contributed by atoms with E-state index in [2.05, 4.69) is 4.99 Å². The number of nitrogens with zero attached hydrogens (tertiary/aromatic N) is 3. The highest BCUT2D eigenvalue weighted by Gasteiger charge is 2.31. The van der Waals surface area contributed by atoms with Crippen LogP contribution in [0.15, 0.2) is 64.0 Å². The maximum Gasteiger partial charge on any atom is 0.337 e. The Bertz CT molecular complexity index is 1540. The van der Waals surface area contributed by atoms with Gasteiger partial charge >= 0.3 is 5.97 Å². The monoisotopic (exact) mass is 509 g/mol. The third-order valence-corrected chi connectivity index (χ3v) is 6.38. The van der Waals surface area contributed by atoms with E-state index in [4.69, 9.17) is 14.2 Å². The molecule has 0 amide bonds. The molecule has 11 heteroatoms. The number of carbonyl (C=O) groups excluding carboxylic acids is 1. The van der Waals surface area contributed by atoms with Crippen molar-refractivity contribution in [1.29, 1.82) is 0 Å². The molecule has 0 aliphatic carbocycles. The van der Waals surface area contributed by atoms with Crippen LogP contribution in [0.25, 0.3) is 6.08 Å². The van der Waals surface area contributed by atoms with Gasteiger partial charge in [-0.25, -0.2) is 9.79 Å². The molecule has 10 nitrogen and oxygen atoms in total. The molecule has 0 spiro atoms. The second-order valence-corrected chi connectivity index (χ2v) is 8.61. The second kappa shape index (κ2) is 10.6. The van der Waals surface area contributed by atoms with Gasteiger partial charge in [-0.1, -0.05) is 29.5 Å². The Morgan fingerprint density at radius 3 is 2.61 bits per heavy atom. The first-order valence-electron chi connectivity index (χ1n) is 11.1. The van der Waals surface area contributed by atoms with Crippen molar-refractivity contribution in [2.45, 2.75) is 19.9 Å². The highest BCUT2D eigenvalue weighted by atomic mass is 32.1. The van der Waals surface area contributed by atoms with Gasteiger partial charge in [0.15, 0.2) is 16.3 Å². The molecule has 0 N–H and O–H groups in total. The van der Waals surface area contributed by atoms with Gasteiger partial charge in [0.25, 0.3) is 11.2 Å². The molecule has 36 heavy (non-hydrogen) atoms. The third-order valence-electron chi connectivity index (χ3n) is 5.39. The zero-order chi connectivity index (χ0) is 25.8. The molecule has 1 aliphatic heterocycles. The number of fused-ring (bicyclic) bond motifs is 1. The van der Waals surface area contributed by atoms with E-state index >= 15 is 0 Å². The van der Waals surface area contributed by atoms with Crippen LogP contribution in [0.1, 0.15) is 31.0 Å². The fourth-order valence-electron chi connectivity index (χ4n) is 3.87. The molecule has 0 fully saturated rings. The number of nitro benzene ring substituents is 1. The maximum absolute atomic E-state index is 13.6. The number of hydrogen-bond acceptors (Lipinski definition) is 9. The Hall–Kier alpha value is -4.25. The predicted octanol–water partition coefficient (Wildman–Crippen LogP) is 2.72. The highest BCUT2D eigenvalue weighted by Crippen LogP contribution is 2.35. The second-order valence-electron chi connectivity index (χ2n) is 7.60. The molecule has 186 valence electrons. The van der Waals surface area contributed by atoms with Crippen molar-refractivity contribution in [3.8, 4) is 11.5 Å². The lowest BCUT2D eigenvalue weighted by atomic mass is 9.97. The predicted molar refractivity (Wildman–Crippen MR) is 133 cm³/mol. The van der Waals surface area contributed by atoms with Gasteiger partial charge in [0, 0.05) is 18.3 Å². The summed E-state index contributed by atoms with van der Waals surface area (Å²) in [7, 11) is 1.26. The number of thiazole rings is 1. The normalized spacial score (nSPS) is 14.9. The fourth-order valence-corrected chi connectivity index (χ4v) is 4.84. The van der Waals surface area contributed by atoms with Crippen molar-refractivity contribution in [2.75, 3.05) is 20.3 Å². The van der Waals surface area contributed by atoms with E-state index in [1.165, 1.54) is 30.0 Å². The number of methoxy groups -OCH3 is 1. The van der Waals surface area contributed by atoms with E-state index < -0.39 is 22.5 Å². The Labute approximate surface area is 209 Å². The number of aromatic nitrogens is 1. The van der Waals surface area contributed by atoms with E-state index in [9.17, 15) is 19.7 Å². The minimum absolute atomic E-state index is 0.0831. The van der Waals surface area contributed by atoms with Gasteiger partial charge < -0.3 is 14.2 Å². The Morgan fingerprint density at radius 1 is 1.17 bits per heavy atom. The number of ether oxygens (including phenoxy) is 3. The average Bonchev–Trinajstić information content (AvgIpc) is 3.19. The maximum atomic E-state index is 13.6. The average molecular weight is 510 g/mol. The van der Waals surface area contributed by atoms with Crippen LogP contribution in [0.4, 0.5) is 5.69 Å². The lowest BCUT2D eigenvalue weighted by Crippen LogP contribution is -2.39. The molecule has 1 aliphatic rings. The van der Waals surface area contributed by atoms with E-state index in [1.807, 2.05) is 13.8 Å². The molecule has 0 saturated carbocycles. The summed E-state index contributed by atoms with van der Waals surface area (Å²) < 4.78 is 18.1. The van der Waals surface area contributed by atoms with Crippen molar-refractivity contribution in [3.05, 3.63) is 95.2 Å². The molecular weight excluding hydrogens is 486 g/mol. The first-order chi connectivity index (χ1) is 17.4. The van der Waals surface area contributed by atoms with E-state index in [0.29, 0.717) is 45.2 Å². The van der Waals surface area contributed by atoms with Crippen molar-refractivity contribution in [1.82, 2.24) is 4.57 Å². The standard InChI is InChI=1S/C25H23N3O7S/c1-4-34-19-10-9-16(13-20(19)35-5-2)22-18(24(30)33-3)14-26-25-27(22)23(29)21(36-25)12-15-7-6-8-17(11-15)28(31)32/h6-14,22H,4-5H2,1-3H3/b21-12-/t22-/m0/s1. The third kappa shape index (κ3) is 4.78. The largest absolute Gasteiger partial charge is 0.490 e. The summed E-state index contributed by atoms with van der Waals surface area (Å²) in [6, 6.07) is 10.4. The summed E-state index contributed by atoms with van der Waals surface area (Å²) in [5, 5.41) is 11.1. The van der Waals surface area contributed by atoms with Gasteiger partial charge in [-0.05, 0) is 43.2 Å². The van der Waals surface area contributed by atoms with E-state index in [-0.39, 0.29) is 11.3 Å². The number of nitro groups is 1. The first kappa shape index (κ1) is 24.9. The summed E-state index contributed by atoms with van der Waals surface area (Å²) in [6.45, 7) is 4.55. The molecule has 1 aromatic heterocycles. The van der Waals surface area contributed by atoms with Crippen molar-refractivity contribution in [3.63, 3.8) is 0 Å². The topological polar surface area (TPSA) is 122 Å². The summed E-state index contributed by atoms with van der Waals surface area (Å²) >= 11 is 1.12. The quantitative estimate of drug-likeness (QED) is 0.260. The summed E-state index contributed by atoms with van der Waals surface area (Å²) in [6.07, 6.45) is 2.97. The molecule has 2 aromatic carbocycles. The summed E-state index contributed by atoms with van der Waals surface area (Å²) in [5.74, 6) is 0.408. The molecule has 0 bridgehead atoms. The Kier molecular flexibility index (Phi) is 7.30. The zero-order valence-electron chi connectivity index (χ0n) is 19.8. The number of esters is 1. The molecule has 1 atom stereocenters. The molecule has 4 rings (SSSR count). The van der Waals surface area contributed by atoms with Crippen LogP contribution in [0.5, 0.6) is 11.5 Å². The molecule has 3 aromatic rings. The van der Waals surface area contributed by atoms with Crippen LogP contribution >= 0.6 is 11.3 Å². The van der Waals surface area contributed by atoms with Crippen LogP contribution < -0.4 is 24.4 Å². The van der Waals surface area contributed by atoms with Gasteiger partial charge in [-0.3, -0.25) is 19.5 Å². The number of carbonyl (C=O) groups is 1. The summed E-state index contributed by atoms with van der Waals surface area (Å²) in [5.41, 5.74) is 0.810. The Morgan fingerprint density at radius 2 is 1.92 bits per heavy atom. The van der Waals surface area contributed by atoms with Crippen LogP contribution in [-0.4, -0.2) is 35.8 Å². The van der Waals surface area contributed by atoms with Gasteiger partial charge in [0.1, 0.15) is 0 Å². The van der Waals surface area contributed by atoms with Gasteiger partial charge in [-0.2, -0.15) is 0 Å². The SMILES string of the molecule is CCOc1ccc([C@H]2C(C(=O)OC)=CN=c3s/c(=C\c4cccc([N+](=O)[O-])c4)c(=O)n32)cc1OCC. The van der Waals surface area contributed by atoms with Crippen LogP contribution in [0.2, 0.25) is 0 Å². The Balaban J connectivity index is 1.90. The smallest absolute Gasteiger partial charge is 0.337 e. The minimum Gasteiger partial charge on any atom is -0.490 e. The molecule has 2 heterocycles. The lowest BCUT2D eigenvalue weighted by Gasteiger charge is -2.23. The molecule has 0 radical (unpaired) electrons. The number of hydrogen-bond donors (Lipinski definition) is 0. The molecule has 0 saturated heterocycles. The van der Waals surface area contributed by atoms with E-state index in [0.717, 1.165) is 11.3 Å². The van der Waals surface area contributed by atoms with Crippen molar-refractivity contribution >= 4 is 29.1 Å². The number of rotatable bonds is 8. The van der Waals surface area contributed by atoms with Gasteiger partial charge in [0.2, 0.25) is 0 Å². The van der Waals surface area contributed by atoms with Crippen LogP contribution in [-0.2, 0) is 9.53 Å². The number of non-ortho nitro benzene ring substituents is 1. The van der Waals surface area contributed by atoms with Crippen LogP contribution in [0.3, 0.4) is 0 Å². The van der Waals surface area contributed by atoms with Crippen LogP contribution in [0, 0.1) is 10.1 Å². The lowest BCUT2D eigenvalue weighted by molar-refractivity contribution is -0.384. The number of benzene rings is 2. The molecule has 0 unspecified atom stereocenters. The van der Waals surface area contributed by atoms with Gasteiger partial charge in [-0.15, -0.1) is 0 Å².